The molecule has 2 unspecified atom stereocenters. The first-order chi connectivity index (χ1) is 25.2. The van der Waals surface area contributed by atoms with Gasteiger partial charge in [-0.25, -0.2) is 9.37 Å². The van der Waals surface area contributed by atoms with Gasteiger partial charge in [0.05, 0.1) is 28.7 Å². The highest BCUT2D eigenvalue weighted by Crippen LogP contribution is 2.65. The minimum Gasteiger partial charge on any atom is -0.473 e. The molecule has 6 aromatic rings. The Morgan fingerprint density at radius 1 is 1.10 bits per heavy atom. The van der Waals surface area contributed by atoms with Crippen molar-refractivity contribution in [1.29, 1.82) is 0 Å². The number of benzene rings is 3. The highest BCUT2D eigenvalue weighted by Gasteiger charge is 2.57. The van der Waals surface area contributed by atoms with Crippen molar-refractivity contribution in [3.63, 3.8) is 0 Å². The van der Waals surface area contributed by atoms with Gasteiger partial charge >= 0.3 is 0 Å². The van der Waals surface area contributed by atoms with Crippen molar-refractivity contribution in [2.45, 2.75) is 57.8 Å². The molecule has 1 aliphatic carbocycles. The van der Waals surface area contributed by atoms with Crippen LogP contribution in [0, 0.1) is 18.2 Å². The van der Waals surface area contributed by atoms with Crippen LogP contribution in [0.4, 0.5) is 15.9 Å². The van der Waals surface area contributed by atoms with Crippen LogP contribution in [0.15, 0.2) is 66.7 Å². The van der Waals surface area contributed by atoms with Crippen molar-refractivity contribution in [3.05, 3.63) is 105 Å². The Morgan fingerprint density at radius 2 is 1.94 bits per heavy atom. The first-order valence-corrected chi connectivity index (χ1v) is 18.3. The van der Waals surface area contributed by atoms with Gasteiger partial charge in [-0.3, -0.25) is 9.89 Å². The molecule has 52 heavy (non-hydrogen) atoms. The summed E-state index contributed by atoms with van der Waals surface area (Å²) < 4.78 is 28.3. The molecule has 2 aliphatic heterocycles. The normalized spacial score (nSPS) is 19.3. The van der Waals surface area contributed by atoms with Gasteiger partial charge in [0.2, 0.25) is 5.88 Å². The van der Waals surface area contributed by atoms with E-state index in [2.05, 4.69) is 31.0 Å². The zero-order valence-corrected chi connectivity index (χ0v) is 30.0. The molecule has 3 fully saturated rings. The molecule has 9 rings (SSSR count). The first-order valence-electron chi connectivity index (χ1n) is 17.6. The summed E-state index contributed by atoms with van der Waals surface area (Å²) in [6, 6.07) is 19.7. The van der Waals surface area contributed by atoms with E-state index in [-0.39, 0.29) is 24.0 Å². The predicted molar refractivity (Wildman–Crippen MR) is 199 cm³/mol. The van der Waals surface area contributed by atoms with Gasteiger partial charge in [-0.15, -0.1) is 0 Å². The number of amides is 1. The van der Waals surface area contributed by atoms with E-state index in [9.17, 15) is 9.18 Å². The van der Waals surface area contributed by atoms with Crippen molar-refractivity contribution in [2.24, 2.45) is 5.41 Å². The topological polar surface area (TPSA) is 110 Å². The van der Waals surface area contributed by atoms with Gasteiger partial charge in [-0.1, -0.05) is 35.3 Å². The molecule has 0 bridgehead atoms. The summed E-state index contributed by atoms with van der Waals surface area (Å²) in [6.07, 6.45) is 4.33. The van der Waals surface area contributed by atoms with Crippen LogP contribution in [0.3, 0.4) is 0 Å². The van der Waals surface area contributed by atoms with Crippen molar-refractivity contribution >= 4 is 62.6 Å². The van der Waals surface area contributed by atoms with Gasteiger partial charge in [-0.2, -0.15) is 10.1 Å². The van der Waals surface area contributed by atoms with Crippen molar-refractivity contribution in [1.82, 2.24) is 24.7 Å². The lowest BCUT2D eigenvalue weighted by Crippen LogP contribution is -2.36. The number of nitrogens with zero attached hydrogens (tertiary/aromatic N) is 5. The summed E-state index contributed by atoms with van der Waals surface area (Å²) in [6.45, 7) is 5.26. The lowest BCUT2D eigenvalue weighted by Gasteiger charge is -2.34. The van der Waals surface area contributed by atoms with Crippen LogP contribution in [0.1, 0.15) is 59.0 Å². The standard InChI is InChI=1S/C39H36Cl2FN7O3/c1-22-28-15-24(16-30(41)36(28)47-46-22)38(50)43-26-7-8-33-32(18-26)44-37(49(33)20-27-9-14-51-27)29-19-39(29)10-12-48(13-11-39)34-3-2-4-35(45-34)52-21-23-5-6-25(40)17-31(23)42/h2-8,15-18,27,29H,9-14,19-21H2,1H3,(H,43,50)(H,46,47). The zero-order chi connectivity index (χ0) is 35.6. The highest BCUT2D eigenvalue weighted by molar-refractivity contribution is 6.35. The van der Waals surface area contributed by atoms with Crippen LogP contribution < -0.4 is 15.0 Å². The maximum absolute atomic E-state index is 14.3. The number of H-pyrrole nitrogens is 1. The minimum absolute atomic E-state index is 0.0713. The van der Waals surface area contributed by atoms with Crippen LogP contribution in [-0.2, 0) is 17.9 Å². The maximum Gasteiger partial charge on any atom is 0.255 e. The van der Waals surface area contributed by atoms with Crippen LogP contribution in [0.25, 0.3) is 21.9 Å². The Labute approximate surface area is 309 Å². The summed E-state index contributed by atoms with van der Waals surface area (Å²) in [7, 11) is 0. The molecule has 10 nitrogen and oxygen atoms in total. The highest BCUT2D eigenvalue weighted by atomic mass is 35.5. The smallest absolute Gasteiger partial charge is 0.255 e. The number of pyridine rings is 1. The van der Waals surface area contributed by atoms with E-state index in [1.807, 2.05) is 37.3 Å². The molecule has 266 valence electrons. The molecule has 3 aromatic carbocycles. The molecule has 1 amide bonds. The number of imidazole rings is 1. The summed E-state index contributed by atoms with van der Waals surface area (Å²) in [4.78, 5) is 25.6. The van der Waals surface area contributed by atoms with E-state index in [0.717, 1.165) is 85.7 Å². The number of carbonyl (C=O) groups is 1. The van der Waals surface area contributed by atoms with E-state index in [0.29, 0.717) is 44.2 Å². The number of aromatic nitrogens is 5. The van der Waals surface area contributed by atoms with E-state index in [4.69, 9.17) is 42.6 Å². The second-order valence-electron chi connectivity index (χ2n) is 14.2. The number of fused-ring (bicyclic) bond motifs is 2. The van der Waals surface area contributed by atoms with Gasteiger partial charge in [0.25, 0.3) is 5.91 Å². The van der Waals surface area contributed by atoms with E-state index < -0.39 is 5.82 Å². The number of anilines is 2. The van der Waals surface area contributed by atoms with E-state index in [1.165, 1.54) is 6.07 Å². The van der Waals surface area contributed by atoms with Crippen LogP contribution in [0.2, 0.25) is 10.0 Å². The van der Waals surface area contributed by atoms with Crippen LogP contribution in [0.5, 0.6) is 5.88 Å². The average molecular weight is 741 g/mol. The van der Waals surface area contributed by atoms with Crippen molar-refractivity contribution < 1.29 is 18.7 Å². The van der Waals surface area contributed by atoms with Gasteiger partial charge in [0.1, 0.15) is 29.6 Å². The largest absolute Gasteiger partial charge is 0.473 e. The fraction of sp³-hybridized carbons (Fsp3) is 0.333. The number of halogens is 3. The van der Waals surface area contributed by atoms with Gasteiger partial charge in [0, 0.05) is 64.6 Å². The van der Waals surface area contributed by atoms with E-state index in [1.54, 1.807) is 24.3 Å². The van der Waals surface area contributed by atoms with E-state index >= 15 is 0 Å². The number of rotatable bonds is 9. The Balaban J connectivity index is 0.903. The Morgan fingerprint density at radius 3 is 2.73 bits per heavy atom. The fourth-order valence-electron chi connectivity index (χ4n) is 7.75. The summed E-state index contributed by atoms with van der Waals surface area (Å²) >= 11 is 12.3. The monoisotopic (exact) mass is 739 g/mol. The number of piperidine rings is 1. The molecule has 13 heteroatoms. The number of aryl methyl sites for hydroxylation is 1. The molecule has 1 saturated carbocycles. The average Bonchev–Trinajstić information content (AvgIpc) is 3.47. The second-order valence-corrected chi connectivity index (χ2v) is 15.0. The quantitative estimate of drug-likeness (QED) is 0.153. The molecule has 2 N–H and O–H groups in total. The fourth-order valence-corrected chi connectivity index (χ4v) is 8.17. The summed E-state index contributed by atoms with van der Waals surface area (Å²) in [5.74, 6) is 2.10. The summed E-state index contributed by atoms with van der Waals surface area (Å²) in [5, 5.41) is 11.8. The molecule has 5 heterocycles. The Kier molecular flexibility index (Phi) is 8.32. The Hall–Kier alpha value is -4.71. The van der Waals surface area contributed by atoms with Gasteiger partial charge < -0.3 is 24.3 Å². The zero-order valence-electron chi connectivity index (χ0n) is 28.5. The lowest BCUT2D eigenvalue weighted by atomic mass is 9.90. The third-order valence-electron chi connectivity index (χ3n) is 11.0. The number of carbonyl (C=O) groups excluding carboxylic acids is 1. The number of hydrogen-bond acceptors (Lipinski definition) is 7. The Bertz CT molecular complexity index is 2350. The summed E-state index contributed by atoms with van der Waals surface area (Å²) in [5.41, 5.74) is 5.13. The van der Waals surface area contributed by atoms with Gasteiger partial charge in [0.15, 0.2) is 0 Å². The molecule has 3 aliphatic rings. The molecule has 1 spiro atoms. The third kappa shape index (κ3) is 6.14. The molecule has 3 aromatic heterocycles. The number of aromatic amines is 1. The SMILES string of the molecule is Cc1[nH]nc2c(Cl)cc(C(=O)Nc3ccc4c(c3)nc(C3CC35CCN(c3cccc(OCc6ccc(Cl)cc6F)n3)CC5)n4CC3CCO3)cc12. The van der Waals surface area contributed by atoms with Crippen LogP contribution in [-0.4, -0.2) is 56.4 Å². The number of ether oxygens (including phenoxy) is 2. The molecule has 0 radical (unpaired) electrons. The van der Waals surface area contributed by atoms with Crippen molar-refractivity contribution in [2.75, 3.05) is 29.9 Å². The minimum atomic E-state index is -0.398. The number of nitrogens with one attached hydrogen (secondary N) is 2. The lowest BCUT2D eigenvalue weighted by molar-refractivity contribution is -0.0590. The second kappa shape index (κ2) is 13.1. The predicted octanol–water partition coefficient (Wildman–Crippen LogP) is 8.46. The third-order valence-corrected chi connectivity index (χ3v) is 11.5. The maximum atomic E-state index is 14.3. The van der Waals surface area contributed by atoms with Crippen LogP contribution >= 0.6 is 23.2 Å². The first kappa shape index (κ1) is 33.1. The molecular formula is C39H36Cl2FN7O3. The van der Waals surface area contributed by atoms with Crippen molar-refractivity contribution in [3.8, 4) is 5.88 Å². The molecule has 2 saturated heterocycles. The van der Waals surface area contributed by atoms with Gasteiger partial charge in [-0.05, 0) is 86.6 Å². The molecule has 2 atom stereocenters. The number of hydrogen-bond donors (Lipinski definition) is 2. The molecular weight excluding hydrogens is 704 g/mol.